The van der Waals surface area contributed by atoms with E-state index < -0.39 is 33.7 Å². The number of ether oxygens (including phenoxy) is 2. The molecule has 2 aromatic rings. The maximum Gasteiger partial charge on any atom is 0.339 e. The zero-order valence-corrected chi connectivity index (χ0v) is 17.9. The number of nitrogens with one attached hydrogen (secondary N) is 1. The number of H-pyrrole nitrogens is 1. The lowest BCUT2D eigenvalue weighted by molar-refractivity contribution is 0.0315. The van der Waals surface area contributed by atoms with Gasteiger partial charge in [-0.1, -0.05) is 6.07 Å². The molecule has 0 aliphatic rings. The van der Waals surface area contributed by atoms with Crippen LogP contribution in [0.3, 0.4) is 0 Å². The summed E-state index contributed by atoms with van der Waals surface area (Å²) in [6.07, 6.45) is -0.125. The van der Waals surface area contributed by atoms with Crippen LogP contribution in [0.15, 0.2) is 23.1 Å². The highest BCUT2D eigenvalue weighted by Gasteiger charge is 2.28. The molecule has 0 saturated heterocycles. The van der Waals surface area contributed by atoms with Crippen molar-refractivity contribution in [2.45, 2.75) is 38.7 Å². The third-order valence-electron chi connectivity index (χ3n) is 4.58. The molecular formula is C20H23NO7S. The first kappa shape index (κ1) is 22.4. The summed E-state index contributed by atoms with van der Waals surface area (Å²) in [5.74, 6) is -1.91. The molecule has 9 heteroatoms. The zero-order valence-electron chi connectivity index (χ0n) is 17.1. The van der Waals surface area contributed by atoms with Crippen LogP contribution in [0.1, 0.15) is 54.9 Å². The van der Waals surface area contributed by atoms with Gasteiger partial charge in [0.2, 0.25) is 5.78 Å². The predicted octanol–water partition coefficient (Wildman–Crippen LogP) is 2.56. The number of aryl methyl sites for hydroxylation is 2. The largest absolute Gasteiger partial charge is 0.465 e. The second-order valence-electron chi connectivity index (χ2n) is 6.78. The quantitative estimate of drug-likeness (QED) is 0.562. The van der Waals surface area contributed by atoms with Crippen molar-refractivity contribution in [3.05, 3.63) is 51.8 Å². The molecular weight excluding hydrogens is 398 g/mol. The summed E-state index contributed by atoms with van der Waals surface area (Å²) >= 11 is 0. The van der Waals surface area contributed by atoms with E-state index in [4.69, 9.17) is 9.47 Å². The molecule has 0 aliphatic heterocycles. The summed E-state index contributed by atoms with van der Waals surface area (Å²) in [6.45, 7) is 6.27. The lowest BCUT2D eigenvalue weighted by Gasteiger charge is -2.14. The normalized spacial score (nSPS) is 12.3. The van der Waals surface area contributed by atoms with Crippen molar-refractivity contribution >= 4 is 27.6 Å². The van der Waals surface area contributed by atoms with Gasteiger partial charge in [-0.25, -0.2) is 18.0 Å². The molecule has 1 unspecified atom stereocenters. The van der Waals surface area contributed by atoms with Crippen LogP contribution in [0, 0.1) is 20.8 Å². The molecule has 8 nitrogen and oxygen atoms in total. The van der Waals surface area contributed by atoms with Crippen LogP contribution in [-0.4, -0.2) is 50.6 Å². The first-order valence-electron chi connectivity index (χ1n) is 8.71. The van der Waals surface area contributed by atoms with E-state index in [1.807, 2.05) is 0 Å². The fourth-order valence-corrected chi connectivity index (χ4v) is 3.58. The van der Waals surface area contributed by atoms with Crippen LogP contribution in [0.5, 0.6) is 0 Å². The summed E-state index contributed by atoms with van der Waals surface area (Å²) in [4.78, 5) is 40.0. The predicted molar refractivity (Wildman–Crippen MR) is 105 cm³/mol. The van der Waals surface area contributed by atoms with E-state index in [2.05, 4.69) is 4.98 Å². The number of carbonyl (C=O) groups excluding carboxylic acids is 3. The van der Waals surface area contributed by atoms with Crippen LogP contribution in [0.25, 0.3) is 0 Å². The van der Waals surface area contributed by atoms with E-state index in [1.165, 1.54) is 32.2 Å². The standard InChI is InChI=1S/C20H23NO7S/c1-10-7-8-14(29(6,25)26)9-15(10)19(23)28-13(4)18(22)17-11(2)16(12(3)21-17)20(24)27-5/h7-9,13,21H,1-6H3. The summed E-state index contributed by atoms with van der Waals surface area (Å²) in [5, 5.41) is 0. The van der Waals surface area contributed by atoms with Gasteiger partial charge < -0.3 is 14.5 Å². The number of hydrogen-bond donors (Lipinski definition) is 1. The van der Waals surface area contributed by atoms with Crippen molar-refractivity contribution in [1.29, 1.82) is 0 Å². The van der Waals surface area contributed by atoms with E-state index in [0.717, 1.165) is 6.26 Å². The number of methoxy groups -OCH3 is 1. The molecule has 0 amide bonds. The second-order valence-corrected chi connectivity index (χ2v) is 8.79. The Hall–Kier alpha value is -2.94. The van der Waals surface area contributed by atoms with Gasteiger partial charge >= 0.3 is 11.9 Å². The molecule has 0 bridgehead atoms. The Bertz CT molecular complexity index is 1100. The van der Waals surface area contributed by atoms with Gasteiger partial charge in [0, 0.05) is 11.9 Å². The lowest BCUT2D eigenvalue weighted by atomic mass is 10.1. The van der Waals surface area contributed by atoms with Crippen molar-refractivity contribution in [3.8, 4) is 0 Å². The van der Waals surface area contributed by atoms with Crippen LogP contribution in [-0.2, 0) is 19.3 Å². The Balaban J connectivity index is 2.29. The number of sulfone groups is 1. The van der Waals surface area contributed by atoms with Gasteiger partial charge in [-0.15, -0.1) is 0 Å². The number of esters is 2. The fourth-order valence-electron chi connectivity index (χ4n) is 2.94. The molecule has 1 heterocycles. The molecule has 0 spiro atoms. The Kier molecular flexibility index (Phi) is 6.32. The minimum absolute atomic E-state index is 0.0208. The SMILES string of the molecule is COC(=O)c1c(C)[nH]c(C(=O)C(C)OC(=O)c2cc(S(C)(=O)=O)ccc2C)c1C. The number of ketones is 1. The lowest BCUT2D eigenvalue weighted by Crippen LogP contribution is -2.26. The van der Waals surface area contributed by atoms with Crippen LogP contribution < -0.4 is 0 Å². The highest BCUT2D eigenvalue weighted by atomic mass is 32.2. The minimum Gasteiger partial charge on any atom is -0.465 e. The number of aromatic amines is 1. The van der Waals surface area contributed by atoms with Crippen molar-refractivity contribution in [2.24, 2.45) is 0 Å². The van der Waals surface area contributed by atoms with Crippen LogP contribution >= 0.6 is 0 Å². The number of carbonyl (C=O) groups is 3. The first-order chi connectivity index (χ1) is 13.4. The van der Waals surface area contributed by atoms with Crippen molar-refractivity contribution < 1.29 is 32.3 Å². The molecule has 156 valence electrons. The van der Waals surface area contributed by atoms with E-state index >= 15 is 0 Å². The fraction of sp³-hybridized carbons (Fsp3) is 0.350. The van der Waals surface area contributed by atoms with Gasteiger partial charge in [0.1, 0.15) is 0 Å². The molecule has 1 aromatic carbocycles. The summed E-state index contributed by atoms with van der Waals surface area (Å²) in [5.41, 5.74) is 1.84. The van der Waals surface area contributed by atoms with E-state index in [-0.39, 0.29) is 21.7 Å². The number of aromatic nitrogens is 1. The van der Waals surface area contributed by atoms with Gasteiger partial charge in [0.15, 0.2) is 15.9 Å². The van der Waals surface area contributed by atoms with Crippen molar-refractivity contribution in [1.82, 2.24) is 4.98 Å². The van der Waals surface area contributed by atoms with Crippen molar-refractivity contribution in [2.75, 3.05) is 13.4 Å². The minimum atomic E-state index is -3.51. The highest BCUT2D eigenvalue weighted by Crippen LogP contribution is 2.22. The number of rotatable bonds is 6. The van der Waals surface area contributed by atoms with Crippen LogP contribution in [0.2, 0.25) is 0 Å². The Morgan fingerprint density at radius 1 is 1.07 bits per heavy atom. The molecule has 1 aromatic heterocycles. The Morgan fingerprint density at radius 2 is 1.69 bits per heavy atom. The average molecular weight is 421 g/mol. The third-order valence-corrected chi connectivity index (χ3v) is 5.69. The first-order valence-corrected chi connectivity index (χ1v) is 10.6. The Morgan fingerprint density at radius 3 is 2.24 bits per heavy atom. The zero-order chi connectivity index (χ0) is 22.1. The maximum absolute atomic E-state index is 12.8. The summed E-state index contributed by atoms with van der Waals surface area (Å²) in [7, 11) is -2.26. The number of benzene rings is 1. The molecule has 1 N–H and O–H groups in total. The van der Waals surface area contributed by atoms with Crippen LogP contribution in [0.4, 0.5) is 0 Å². The average Bonchev–Trinajstić information content (AvgIpc) is 2.93. The molecule has 0 saturated carbocycles. The second kappa shape index (κ2) is 8.20. The molecule has 1 atom stereocenters. The van der Waals surface area contributed by atoms with Gasteiger partial charge in [0.05, 0.1) is 28.8 Å². The number of hydrogen-bond acceptors (Lipinski definition) is 7. The summed E-state index contributed by atoms with van der Waals surface area (Å²) in [6, 6.07) is 4.12. The number of Topliss-reactive ketones (excluding diaryl/α,β-unsaturated/α-hetero) is 1. The molecule has 0 radical (unpaired) electrons. The van der Waals surface area contributed by atoms with Gasteiger partial charge in [-0.05, 0) is 51.0 Å². The van der Waals surface area contributed by atoms with E-state index in [1.54, 1.807) is 20.8 Å². The Labute approximate surface area is 169 Å². The molecule has 29 heavy (non-hydrogen) atoms. The van der Waals surface area contributed by atoms with Crippen molar-refractivity contribution in [3.63, 3.8) is 0 Å². The molecule has 0 aliphatic carbocycles. The third kappa shape index (κ3) is 4.56. The smallest absolute Gasteiger partial charge is 0.339 e. The monoisotopic (exact) mass is 421 g/mol. The van der Waals surface area contributed by atoms with Gasteiger partial charge in [0.25, 0.3) is 0 Å². The maximum atomic E-state index is 12.8. The molecule has 0 fully saturated rings. The highest BCUT2D eigenvalue weighted by molar-refractivity contribution is 7.90. The summed E-state index contributed by atoms with van der Waals surface area (Å²) < 4.78 is 33.5. The van der Waals surface area contributed by atoms with Gasteiger partial charge in [-0.3, -0.25) is 4.79 Å². The topological polar surface area (TPSA) is 120 Å². The molecule has 2 rings (SSSR count). The van der Waals surface area contributed by atoms with E-state index in [0.29, 0.717) is 16.8 Å². The van der Waals surface area contributed by atoms with E-state index in [9.17, 15) is 22.8 Å². The van der Waals surface area contributed by atoms with Gasteiger partial charge in [-0.2, -0.15) is 0 Å².